The molecule has 1 amide bonds. The number of nitrogens with zero attached hydrogens (tertiary/aromatic N) is 1. The summed E-state index contributed by atoms with van der Waals surface area (Å²) in [5.74, 6) is 0.180. The first-order chi connectivity index (χ1) is 12.7. The number of aryl methyl sites for hydroxylation is 2. The van der Waals surface area contributed by atoms with E-state index in [1.807, 2.05) is 19.9 Å². The Bertz CT molecular complexity index is 1030. The van der Waals surface area contributed by atoms with Crippen LogP contribution in [0.1, 0.15) is 25.0 Å². The molecule has 7 nitrogen and oxygen atoms in total. The lowest BCUT2D eigenvalue weighted by atomic mass is 10.0. The molecule has 1 aliphatic rings. The van der Waals surface area contributed by atoms with Crippen molar-refractivity contribution in [3.05, 3.63) is 39.7 Å². The van der Waals surface area contributed by atoms with E-state index in [0.717, 1.165) is 11.1 Å². The Morgan fingerprint density at radius 1 is 1.26 bits per heavy atom. The molecule has 1 saturated heterocycles. The SMILES string of the molecule is CCc1cc(=O)oc2cc(C)cc(OC(C)C(=O)N3CCS(=O)(=O)CC3)c12. The molecular weight excluding hydrogens is 370 g/mol. The highest BCUT2D eigenvalue weighted by atomic mass is 32.2. The molecule has 0 N–H and O–H groups in total. The first kappa shape index (κ1) is 19.4. The smallest absolute Gasteiger partial charge is 0.336 e. The van der Waals surface area contributed by atoms with Crippen molar-refractivity contribution in [3.8, 4) is 5.75 Å². The molecule has 1 unspecified atom stereocenters. The molecule has 1 atom stereocenters. The zero-order valence-corrected chi connectivity index (χ0v) is 16.5. The first-order valence-corrected chi connectivity index (χ1v) is 10.8. The lowest BCUT2D eigenvalue weighted by Crippen LogP contribution is -2.48. The Kier molecular flexibility index (Phi) is 5.28. The molecule has 1 fully saturated rings. The number of hydrogen-bond acceptors (Lipinski definition) is 6. The standard InChI is InChI=1S/C19H23NO6S/c1-4-14-11-17(21)26-16-10-12(2)9-15(18(14)16)25-13(3)19(22)20-5-7-27(23,24)8-6-20/h9-11,13H,4-8H2,1-3H3. The van der Waals surface area contributed by atoms with E-state index < -0.39 is 21.6 Å². The number of hydrogen-bond donors (Lipinski definition) is 0. The fourth-order valence-corrected chi connectivity index (χ4v) is 4.47. The third-order valence-electron chi connectivity index (χ3n) is 4.72. The summed E-state index contributed by atoms with van der Waals surface area (Å²) < 4.78 is 34.4. The van der Waals surface area contributed by atoms with Crippen molar-refractivity contribution in [2.75, 3.05) is 24.6 Å². The molecule has 8 heteroatoms. The Morgan fingerprint density at radius 2 is 1.93 bits per heavy atom. The van der Waals surface area contributed by atoms with Crippen LogP contribution in [0.3, 0.4) is 0 Å². The van der Waals surface area contributed by atoms with E-state index in [2.05, 4.69) is 0 Å². The minimum Gasteiger partial charge on any atom is -0.480 e. The van der Waals surface area contributed by atoms with Gasteiger partial charge in [0, 0.05) is 19.2 Å². The number of amides is 1. The summed E-state index contributed by atoms with van der Waals surface area (Å²) in [4.78, 5) is 26.0. The molecule has 27 heavy (non-hydrogen) atoms. The number of carbonyl (C=O) groups excluding carboxylic acids is 1. The highest BCUT2D eigenvalue weighted by Crippen LogP contribution is 2.31. The lowest BCUT2D eigenvalue weighted by Gasteiger charge is -2.29. The van der Waals surface area contributed by atoms with Crippen LogP contribution in [-0.2, 0) is 21.1 Å². The van der Waals surface area contributed by atoms with Gasteiger partial charge in [0.25, 0.3) is 5.91 Å². The van der Waals surface area contributed by atoms with E-state index in [0.29, 0.717) is 23.1 Å². The fraction of sp³-hybridized carbons (Fsp3) is 0.474. The average molecular weight is 393 g/mol. The van der Waals surface area contributed by atoms with Crippen molar-refractivity contribution in [2.45, 2.75) is 33.3 Å². The van der Waals surface area contributed by atoms with Gasteiger partial charge in [-0.1, -0.05) is 6.92 Å². The molecule has 0 spiro atoms. The van der Waals surface area contributed by atoms with Gasteiger partial charge in [-0.2, -0.15) is 0 Å². The normalized spacial score (nSPS) is 17.7. The molecule has 1 aliphatic heterocycles. The number of sulfone groups is 1. The van der Waals surface area contributed by atoms with Crippen LogP contribution in [0.4, 0.5) is 0 Å². The van der Waals surface area contributed by atoms with E-state index in [1.165, 1.54) is 11.0 Å². The predicted octanol–water partition coefficient (Wildman–Crippen LogP) is 1.69. The van der Waals surface area contributed by atoms with Gasteiger partial charge in [-0.3, -0.25) is 4.79 Å². The molecule has 2 heterocycles. The second kappa shape index (κ2) is 7.34. The zero-order valence-electron chi connectivity index (χ0n) is 15.6. The van der Waals surface area contributed by atoms with Gasteiger partial charge in [0.2, 0.25) is 0 Å². The van der Waals surface area contributed by atoms with Gasteiger partial charge in [0.1, 0.15) is 11.3 Å². The molecular formula is C19H23NO6S. The van der Waals surface area contributed by atoms with Crippen LogP contribution in [0, 0.1) is 6.92 Å². The van der Waals surface area contributed by atoms with Crippen molar-refractivity contribution >= 4 is 26.7 Å². The Balaban J connectivity index is 1.89. The van der Waals surface area contributed by atoms with Crippen LogP contribution in [0.25, 0.3) is 11.0 Å². The van der Waals surface area contributed by atoms with Crippen LogP contribution in [0.15, 0.2) is 27.4 Å². The van der Waals surface area contributed by atoms with Crippen molar-refractivity contribution in [3.63, 3.8) is 0 Å². The van der Waals surface area contributed by atoms with Crippen molar-refractivity contribution in [2.24, 2.45) is 0 Å². The summed E-state index contributed by atoms with van der Waals surface area (Å²) in [6.07, 6.45) is -0.166. The van der Waals surface area contributed by atoms with E-state index in [4.69, 9.17) is 9.15 Å². The average Bonchev–Trinajstić information content (AvgIpc) is 2.59. The summed E-state index contributed by atoms with van der Waals surface area (Å²) in [5, 5.41) is 0.684. The number of ether oxygens (including phenoxy) is 1. The molecule has 3 rings (SSSR count). The van der Waals surface area contributed by atoms with E-state index >= 15 is 0 Å². The van der Waals surface area contributed by atoms with Gasteiger partial charge in [-0.15, -0.1) is 0 Å². The largest absolute Gasteiger partial charge is 0.480 e. The molecule has 0 radical (unpaired) electrons. The summed E-state index contributed by atoms with van der Waals surface area (Å²) >= 11 is 0. The monoisotopic (exact) mass is 393 g/mol. The molecule has 146 valence electrons. The van der Waals surface area contributed by atoms with E-state index in [9.17, 15) is 18.0 Å². The third-order valence-corrected chi connectivity index (χ3v) is 6.33. The maximum absolute atomic E-state index is 12.7. The second-order valence-electron chi connectivity index (χ2n) is 6.82. The number of carbonyl (C=O) groups is 1. The first-order valence-electron chi connectivity index (χ1n) is 8.93. The maximum atomic E-state index is 12.7. The van der Waals surface area contributed by atoms with Crippen LogP contribution in [0.2, 0.25) is 0 Å². The lowest BCUT2D eigenvalue weighted by molar-refractivity contribution is -0.137. The van der Waals surface area contributed by atoms with Crippen molar-refractivity contribution in [1.82, 2.24) is 4.90 Å². The topological polar surface area (TPSA) is 93.9 Å². The molecule has 1 aromatic carbocycles. The van der Waals surface area contributed by atoms with Gasteiger partial charge in [-0.05, 0) is 43.5 Å². The summed E-state index contributed by atoms with van der Waals surface area (Å²) in [6, 6.07) is 5.02. The third kappa shape index (κ3) is 4.16. The number of benzene rings is 1. The van der Waals surface area contributed by atoms with Gasteiger partial charge in [-0.25, -0.2) is 13.2 Å². The number of fused-ring (bicyclic) bond motifs is 1. The second-order valence-corrected chi connectivity index (χ2v) is 9.12. The Morgan fingerprint density at radius 3 is 2.56 bits per heavy atom. The Hall–Kier alpha value is -2.35. The highest BCUT2D eigenvalue weighted by Gasteiger charge is 2.29. The van der Waals surface area contributed by atoms with Crippen LogP contribution in [0.5, 0.6) is 5.75 Å². The Labute approximate surface area is 157 Å². The summed E-state index contributed by atoms with van der Waals surface area (Å²) in [6.45, 7) is 5.79. The minimum atomic E-state index is -3.06. The van der Waals surface area contributed by atoms with Crippen molar-refractivity contribution < 1.29 is 22.4 Å². The van der Waals surface area contributed by atoms with Gasteiger partial charge in [0.05, 0.1) is 16.9 Å². The highest BCUT2D eigenvalue weighted by molar-refractivity contribution is 7.91. The molecule has 0 saturated carbocycles. The van der Waals surface area contributed by atoms with Gasteiger partial charge in [0.15, 0.2) is 15.9 Å². The number of rotatable bonds is 4. The molecule has 1 aromatic heterocycles. The van der Waals surface area contributed by atoms with Crippen molar-refractivity contribution in [1.29, 1.82) is 0 Å². The van der Waals surface area contributed by atoms with Crippen LogP contribution in [-0.4, -0.2) is 49.9 Å². The summed E-state index contributed by atoms with van der Waals surface area (Å²) in [5.41, 5.74) is 1.64. The van der Waals surface area contributed by atoms with Gasteiger partial charge >= 0.3 is 5.63 Å². The summed E-state index contributed by atoms with van der Waals surface area (Å²) in [7, 11) is -3.06. The fourth-order valence-electron chi connectivity index (χ4n) is 3.27. The maximum Gasteiger partial charge on any atom is 0.336 e. The van der Waals surface area contributed by atoms with Crippen LogP contribution < -0.4 is 10.4 Å². The van der Waals surface area contributed by atoms with E-state index in [1.54, 1.807) is 13.0 Å². The molecule has 0 aliphatic carbocycles. The predicted molar refractivity (Wildman–Crippen MR) is 102 cm³/mol. The quantitative estimate of drug-likeness (QED) is 0.734. The van der Waals surface area contributed by atoms with Gasteiger partial charge < -0.3 is 14.1 Å². The molecule has 2 aromatic rings. The zero-order chi connectivity index (χ0) is 19.8. The minimum absolute atomic E-state index is 0.0238. The van der Waals surface area contributed by atoms with E-state index in [-0.39, 0.29) is 30.5 Å². The molecule has 0 bridgehead atoms. The van der Waals surface area contributed by atoms with Crippen LogP contribution >= 0.6 is 0 Å².